The lowest BCUT2D eigenvalue weighted by Gasteiger charge is -2.19. The van der Waals surface area contributed by atoms with Crippen molar-refractivity contribution in [1.82, 2.24) is 0 Å². The van der Waals surface area contributed by atoms with Crippen LogP contribution in [0.15, 0.2) is 24.3 Å². The van der Waals surface area contributed by atoms with E-state index in [1.54, 1.807) is 13.0 Å². The first kappa shape index (κ1) is 15.1. The second-order valence-electron chi connectivity index (χ2n) is 5.05. The van der Waals surface area contributed by atoms with Gasteiger partial charge in [-0.15, -0.1) is 0 Å². The molecular weight excluding hydrogens is 270 g/mol. The van der Waals surface area contributed by atoms with Crippen LogP contribution in [-0.4, -0.2) is 25.0 Å². The molecule has 0 saturated carbocycles. The predicted molar refractivity (Wildman–Crippen MR) is 79.4 cm³/mol. The van der Waals surface area contributed by atoms with Crippen LogP contribution in [0.2, 0.25) is 0 Å². The van der Waals surface area contributed by atoms with Gasteiger partial charge in [-0.2, -0.15) is 0 Å². The molecule has 1 aromatic rings. The maximum absolute atomic E-state index is 11.9. The fourth-order valence-electron chi connectivity index (χ4n) is 2.28. The largest absolute Gasteiger partial charge is 0.488 e. The summed E-state index contributed by atoms with van der Waals surface area (Å²) in [6.07, 6.45) is 2.25. The average Bonchev–Trinajstić information content (AvgIpc) is 2.45. The van der Waals surface area contributed by atoms with Gasteiger partial charge in [0.1, 0.15) is 19.0 Å². The number of esters is 1. The lowest BCUT2D eigenvalue weighted by atomic mass is 9.89. The van der Waals surface area contributed by atoms with Crippen LogP contribution in [0.1, 0.15) is 35.7 Å². The van der Waals surface area contributed by atoms with Crippen molar-refractivity contribution in [2.75, 3.05) is 18.9 Å². The van der Waals surface area contributed by atoms with E-state index in [0.29, 0.717) is 29.0 Å². The van der Waals surface area contributed by atoms with Crippen molar-refractivity contribution in [2.24, 2.45) is 0 Å². The Morgan fingerprint density at radius 1 is 1.33 bits per heavy atom. The van der Waals surface area contributed by atoms with Crippen LogP contribution < -0.4 is 10.5 Å². The number of carbonyl (C=O) groups excluding carboxylic acids is 2. The first-order chi connectivity index (χ1) is 10.0. The van der Waals surface area contributed by atoms with Crippen LogP contribution in [0.5, 0.6) is 5.75 Å². The number of Topliss-reactive ketones (excluding diaryl/α,β-unsaturated/α-hetero) is 1. The third-order valence-electron chi connectivity index (χ3n) is 3.34. The lowest BCUT2D eigenvalue weighted by Crippen LogP contribution is -2.16. The third-order valence-corrected chi connectivity index (χ3v) is 3.34. The topological polar surface area (TPSA) is 78.6 Å². The molecule has 0 saturated heterocycles. The Morgan fingerprint density at radius 2 is 2.10 bits per heavy atom. The molecule has 0 aliphatic heterocycles. The van der Waals surface area contributed by atoms with E-state index in [9.17, 15) is 9.59 Å². The molecule has 2 rings (SSSR count). The monoisotopic (exact) mass is 289 g/mol. The molecule has 0 atom stereocenters. The smallest absolute Gasteiger partial charge is 0.333 e. The van der Waals surface area contributed by atoms with E-state index in [0.717, 1.165) is 18.4 Å². The molecule has 112 valence electrons. The quantitative estimate of drug-likeness (QED) is 0.389. The van der Waals surface area contributed by atoms with Gasteiger partial charge in [0.25, 0.3) is 0 Å². The zero-order valence-electron chi connectivity index (χ0n) is 12.1. The molecule has 1 aliphatic rings. The van der Waals surface area contributed by atoms with E-state index >= 15 is 0 Å². The Kier molecular flexibility index (Phi) is 4.62. The van der Waals surface area contributed by atoms with Gasteiger partial charge >= 0.3 is 5.97 Å². The zero-order chi connectivity index (χ0) is 15.4. The van der Waals surface area contributed by atoms with Crippen molar-refractivity contribution in [3.63, 3.8) is 0 Å². The second kappa shape index (κ2) is 6.43. The summed E-state index contributed by atoms with van der Waals surface area (Å²) in [6.45, 7) is 5.35. The molecule has 2 N–H and O–H groups in total. The number of carbonyl (C=O) groups is 2. The van der Waals surface area contributed by atoms with Crippen LogP contribution in [0.25, 0.3) is 0 Å². The standard InChI is InChI=1S/C16H19NO4/c1-10(2)16(19)21-9-8-20-13-7-6-11-4-3-5-12(18)14(11)15(13)17/h6-7H,1,3-5,8-9,17H2,2H3. The van der Waals surface area contributed by atoms with Gasteiger partial charge in [-0.25, -0.2) is 4.79 Å². The van der Waals surface area contributed by atoms with Gasteiger partial charge < -0.3 is 15.2 Å². The van der Waals surface area contributed by atoms with Crippen molar-refractivity contribution in [3.05, 3.63) is 35.4 Å². The van der Waals surface area contributed by atoms with Gasteiger partial charge in [-0.05, 0) is 31.4 Å². The number of fused-ring (bicyclic) bond motifs is 1. The fourth-order valence-corrected chi connectivity index (χ4v) is 2.28. The summed E-state index contributed by atoms with van der Waals surface area (Å²) in [4.78, 5) is 23.1. The van der Waals surface area contributed by atoms with Crippen LogP contribution in [-0.2, 0) is 16.0 Å². The van der Waals surface area contributed by atoms with Crippen LogP contribution in [0.4, 0.5) is 5.69 Å². The highest BCUT2D eigenvalue weighted by molar-refractivity contribution is 6.04. The first-order valence-electron chi connectivity index (χ1n) is 6.90. The average molecular weight is 289 g/mol. The fraction of sp³-hybridized carbons (Fsp3) is 0.375. The lowest BCUT2D eigenvalue weighted by molar-refractivity contribution is -0.139. The molecule has 0 amide bonds. The summed E-state index contributed by atoms with van der Waals surface area (Å²) in [7, 11) is 0. The number of nitrogens with two attached hydrogens (primary N) is 1. The summed E-state index contributed by atoms with van der Waals surface area (Å²) in [6, 6.07) is 3.63. The minimum atomic E-state index is -0.452. The van der Waals surface area contributed by atoms with Crippen molar-refractivity contribution < 1.29 is 19.1 Å². The minimum absolute atomic E-state index is 0.0629. The maximum atomic E-state index is 11.9. The molecule has 0 fully saturated rings. The SMILES string of the molecule is C=C(C)C(=O)OCCOc1ccc2c(c1N)C(=O)CCC2. The van der Waals surface area contributed by atoms with E-state index in [1.807, 2.05) is 6.07 Å². The van der Waals surface area contributed by atoms with Crippen molar-refractivity contribution in [2.45, 2.75) is 26.2 Å². The Bertz CT molecular complexity index is 592. The Morgan fingerprint density at radius 3 is 2.81 bits per heavy atom. The summed E-state index contributed by atoms with van der Waals surface area (Å²) in [5.41, 5.74) is 8.29. The molecule has 5 nitrogen and oxygen atoms in total. The van der Waals surface area contributed by atoms with Gasteiger partial charge in [0.2, 0.25) is 0 Å². The van der Waals surface area contributed by atoms with Crippen molar-refractivity contribution in [1.29, 1.82) is 0 Å². The molecule has 0 radical (unpaired) electrons. The predicted octanol–water partition coefficient (Wildman–Crippen LogP) is 2.29. The highest BCUT2D eigenvalue weighted by Crippen LogP contribution is 2.33. The summed E-state index contributed by atoms with van der Waals surface area (Å²) < 4.78 is 10.4. The van der Waals surface area contributed by atoms with Gasteiger partial charge in [-0.1, -0.05) is 12.6 Å². The molecule has 0 unspecified atom stereocenters. The normalized spacial score (nSPS) is 13.5. The number of benzene rings is 1. The number of hydrogen-bond acceptors (Lipinski definition) is 5. The third kappa shape index (κ3) is 3.42. The Hall–Kier alpha value is -2.30. The van der Waals surface area contributed by atoms with E-state index in [1.165, 1.54) is 0 Å². The minimum Gasteiger partial charge on any atom is -0.488 e. The molecule has 0 spiro atoms. The number of rotatable bonds is 5. The van der Waals surface area contributed by atoms with Crippen LogP contribution in [0, 0.1) is 0 Å². The molecule has 0 bridgehead atoms. The number of nitrogen functional groups attached to an aromatic ring is 1. The van der Waals surface area contributed by atoms with Crippen molar-refractivity contribution in [3.8, 4) is 5.75 Å². The molecule has 1 aliphatic carbocycles. The van der Waals surface area contributed by atoms with Crippen molar-refractivity contribution >= 4 is 17.4 Å². The van der Waals surface area contributed by atoms with E-state index < -0.39 is 5.97 Å². The van der Waals surface area contributed by atoms with E-state index in [2.05, 4.69) is 6.58 Å². The van der Waals surface area contributed by atoms with Crippen LogP contribution >= 0.6 is 0 Å². The summed E-state index contributed by atoms with van der Waals surface area (Å²) >= 11 is 0. The van der Waals surface area contributed by atoms with Gasteiger partial charge in [0.05, 0.1) is 5.69 Å². The highest BCUT2D eigenvalue weighted by Gasteiger charge is 2.22. The van der Waals surface area contributed by atoms with Crippen LogP contribution in [0.3, 0.4) is 0 Å². The number of aryl methyl sites for hydroxylation is 1. The molecule has 0 aromatic heterocycles. The maximum Gasteiger partial charge on any atom is 0.333 e. The molecule has 0 heterocycles. The summed E-state index contributed by atoms with van der Waals surface area (Å²) in [5, 5.41) is 0. The number of hydrogen-bond donors (Lipinski definition) is 1. The first-order valence-corrected chi connectivity index (χ1v) is 6.90. The molecule has 21 heavy (non-hydrogen) atoms. The molecule has 1 aromatic carbocycles. The van der Waals surface area contributed by atoms with E-state index in [4.69, 9.17) is 15.2 Å². The number of ether oxygens (including phenoxy) is 2. The van der Waals surface area contributed by atoms with Gasteiger partial charge in [0, 0.05) is 17.6 Å². The molecular formula is C16H19NO4. The number of anilines is 1. The summed E-state index contributed by atoms with van der Waals surface area (Å²) in [5.74, 6) is 0.0653. The Labute approximate surface area is 123 Å². The molecule has 5 heteroatoms. The second-order valence-corrected chi connectivity index (χ2v) is 5.05. The zero-order valence-corrected chi connectivity index (χ0v) is 12.1. The Balaban J connectivity index is 1.99. The van der Waals surface area contributed by atoms with Gasteiger partial charge in [0.15, 0.2) is 5.78 Å². The highest BCUT2D eigenvalue weighted by atomic mass is 16.6. The van der Waals surface area contributed by atoms with Gasteiger partial charge in [-0.3, -0.25) is 4.79 Å². The number of ketones is 1. The van der Waals surface area contributed by atoms with E-state index in [-0.39, 0.29) is 19.0 Å².